The van der Waals surface area contributed by atoms with E-state index < -0.39 is 17.7 Å². The molecule has 220 valence electrons. The van der Waals surface area contributed by atoms with Gasteiger partial charge in [0, 0.05) is 43.2 Å². The Hall–Kier alpha value is -4.29. The lowest BCUT2D eigenvalue weighted by atomic mass is 10.0. The summed E-state index contributed by atoms with van der Waals surface area (Å²) < 4.78 is 34.3. The summed E-state index contributed by atoms with van der Waals surface area (Å²) in [5.74, 6) is -0.223. The molecular weight excluding hydrogens is 544 g/mol. The zero-order valence-electron chi connectivity index (χ0n) is 23.5. The number of likely N-dealkylation sites (tertiary alicyclic amines) is 1. The summed E-state index contributed by atoms with van der Waals surface area (Å²) in [7, 11) is 3.74. The van der Waals surface area contributed by atoms with Crippen LogP contribution in [0.4, 0.5) is 37.5 Å². The van der Waals surface area contributed by atoms with Crippen LogP contribution in [0.1, 0.15) is 24.4 Å². The molecule has 0 unspecified atom stereocenters. The van der Waals surface area contributed by atoms with Gasteiger partial charge in [-0.25, -0.2) is 23.8 Å². The van der Waals surface area contributed by atoms with Crippen LogP contribution in [-0.4, -0.2) is 67.2 Å². The van der Waals surface area contributed by atoms with Crippen molar-refractivity contribution in [2.45, 2.75) is 24.9 Å². The van der Waals surface area contributed by atoms with Crippen molar-refractivity contribution >= 4 is 34.6 Å². The second-order valence-corrected chi connectivity index (χ2v) is 10.8. The van der Waals surface area contributed by atoms with Gasteiger partial charge >= 0.3 is 0 Å². The van der Waals surface area contributed by atoms with Crippen LogP contribution in [0.25, 0.3) is 0 Å². The third-order valence-corrected chi connectivity index (χ3v) is 8.31. The molecule has 3 atom stereocenters. The van der Waals surface area contributed by atoms with Crippen molar-refractivity contribution in [3.63, 3.8) is 0 Å². The number of hydroxylamine groups is 1. The van der Waals surface area contributed by atoms with Crippen LogP contribution < -0.4 is 25.3 Å². The first-order chi connectivity index (χ1) is 20.4. The molecule has 42 heavy (non-hydrogen) atoms. The number of anilines is 5. The van der Waals surface area contributed by atoms with Gasteiger partial charge in [-0.3, -0.25) is 9.63 Å². The van der Waals surface area contributed by atoms with Gasteiger partial charge in [0.05, 0.1) is 36.8 Å². The lowest BCUT2D eigenvalue weighted by Gasteiger charge is -2.26. The van der Waals surface area contributed by atoms with E-state index in [-0.39, 0.29) is 11.5 Å². The number of aromatic nitrogens is 2. The monoisotopic (exact) mass is 577 g/mol. The minimum atomic E-state index is -0.913. The summed E-state index contributed by atoms with van der Waals surface area (Å²) in [6.45, 7) is 6.76. The topological polar surface area (TPSA) is 95.1 Å². The maximum atomic E-state index is 14.6. The maximum absolute atomic E-state index is 14.6. The molecule has 0 spiro atoms. The quantitative estimate of drug-likeness (QED) is 0.371. The number of hydrogen-bond acceptors (Lipinski definition) is 9. The Morgan fingerprint density at radius 2 is 2.02 bits per heavy atom. The van der Waals surface area contributed by atoms with Crippen molar-refractivity contribution in [2.75, 3.05) is 61.0 Å². The molecule has 0 radical (unpaired) electrons. The number of rotatable bonds is 8. The smallest absolute Gasteiger partial charge is 0.247 e. The number of fused-ring (bicyclic) bond motifs is 1. The van der Waals surface area contributed by atoms with E-state index in [1.165, 1.54) is 23.5 Å². The first-order valence-electron chi connectivity index (χ1n) is 13.9. The van der Waals surface area contributed by atoms with Gasteiger partial charge in [-0.1, -0.05) is 18.7 Å². The largest absolute Gasteiger partial charge is 0.494 e. The Labute approximate surface area is 242 Å². The predicted molar refractivity (Wildman–Crippen MR) is 156 cm³/mol. The van der Waals surface area contributed by atoms with Gasteiger partial charge in [0.1, 0.15) is 17.9 Å². The zero-order valence-corrected chi connectivity index (χ0v) is 23.5. The van der Waals surface area contributed by atoms with Gasteiger partial charge in [0.2, 0.25) is 5.91 Å². The molecule has 0 aliphatic carbocycles. The highest BCUT2D eigenvalue weighted by molar-refractivity contribution is 6.02. The summed E-state index contributed by atoms with van der Waals surface area (Å²) in [5.41, 5.74) is 2.24. The second kappa shape index (κ2) is 11.5. The maximum Gasteiger partial charge on any atom is 0.247 e. The van der Waals surface area contributed by atoms with Crippen molar-refractivity contribution in [1.82, 2.24) is 14.9 Å². The molecular formula is C30H33F2N7O3. The van der Waals surface area contributed by atoms with Crippen molar-refractivity contribution in [2.24, 2.45) is 5.92 Å². The van der Waals surface area contributed by atoms with Gasteiger partial charge in [-0.05, 0) is 44.1 Å². The fourth-order valence-corrected chi connectivity index (χ4v) is 6.18. The lowest BCUT2D eigenvalue weighted by Crippen LogP contribution is -2.32. The molecule has 12 heteroatoms. The van der Waals surface area contributed by atoms with E-state index in [1.54, 1.807) is 19.2 Å². The molecule has 3 saturated heterocycles. The summed E-state index contributed by atoms with van der Waals surface area (Å²) >= 11 is 0. The van der Waals surface area contributed by atoms with Crippen LogP contribution in [0.2, 0.25) is 0 Å². The number of nitrogens with zero attached hydrogens (tertiary/aromatic N) is 5. The Morgan fingerprint density at radius 1 is 1.17 bits per heavy atom. The molecule has 3 aliphatic rings. The molecule has 2 N–H and O–H groups in total. The lowest BCUT2D eigenvalue weighted by molar-refractivity contribution is -0.111. The van der Waals surface area contributed by atoms with E-state index in [0.717, 1.165) is 37.8 Å². The van der Waals surface area contributed by atoms with E-state index in [9.17, 15) is 13.6 Å². The van der Waals surface area contributed by atoms with E-state index in [4.69, 9.17) is 9.57 Å². The average Bonchev–Trinajstić information content (AvgIpc) is 3.73. The molecule has 6 rings (SSSR count). The van der Waals surface area contributed by atoms with Crippen molar-refractivity contribution in [1.29, 1.82) is 0 Å². The van der Waals surface area contributed by atoms with Crippen LogP contribution >= 0.6 is 0 Å². The third kappa shape index (κ3) is 5.23. The number of likely N-dealkylation sites (N-methyl/N-ethyl adjacent to an activating group) is 1. The Balaban J connectivity index is 1.30. The number of hydrogen-bond donors (Lipinski definition) is 2. The molecule has 1 amide bonds. The summed E-state index contributed by atoms with van der Waals surface area (Å²) in [6.07, 6.45) is 4.20. The van der Waals surface area contributed by atoms with Gasteiger partial charge in [-0.2, -0.15) is 0 Å². The van der Waals surface area contributed by atoms with Gasteiger partial charge in [0.25, 0.3) is 0 Å². The highest BCUT2D eigenvalue weighted by Gasteiger charge is 2.40. The number of halogens is 2. The number of carbonyl (C=O) groups is 1. The van der Waals surface area contributed by atoms with Gasteiger partial charge in [-0.15, -0.1) is 0 Å². The number of benzene rings is 2. The fourth-order valence-electron chi connectivity index (χ4n) is 6.18. The van der Waals surface area contributed by atoms with E-state index >= 15 is 0 Å². The van der Waals surface area contributed by atoms with Crippen molar-refractivity contribution in [3.05, 3.63) is 72.6 Å². The number of carbonyl (C=O) groups excluding carboxylic acids is 1. The normalized spacial score (nSPS) is 21.9. The summed E-state index contributed by atoms with van der Waals surface area (Å²) in [4.78, 5) is 31.5. The Kier molecular flexibility index (Phi) is 7.65. The summed E-state index contributed by atoms with van der Waals surface area (Å²) in [6, 6.07) is 9.39. The van der Waals surface area contributed by atoms with Crippen LogP contribution in [0.15, 0.2) is 55.4 Å². The molecule has 3 aromatic rings. The molecule has 3 fully saturated rings. The van der Waals surface area contributed by atoms with E-state index in [1.807, 2.05) is 12.1 Å². The molecule has 0 saturated carbocycles. The van der Waals surface area contributed by atoms with Crippen LogP contribution in [-0.2, 0) is 9.63 Å². The third-order valence-electron chi connectivity index (χ3n) is 8.31. The molecule has 3 aliphatic heterocycles. The fraction of sp³-hybridized carbons (Fsp3) is 0.367. The Morgan fingerprint density at radius 3 is 2.81 bits per heavy atom. The molecule has 4 heterocycles. The first-order valence-corrected chi connectivity index (χ1v) is 13.9. The number of methoxy groups -OCH3 is 1. The van der Waals surface area contributed by atoms with Crippen molar-refractivity contribution < 1.29 is 23.1 Å². The van der Waals surface area contributed by atoms with Crippen molar-refractivity contribution in [3.8, 4) is 5.75 Å². The van der Waals surface area contributed by atoms with Gasteiger partial charge in [0.15, 0.2) is 17.5 Å². The number of nitrogens with one attached hydrogen (secondary N) is 2. The van der Waals surface area contributed by atoms with Crippen LogP contribution in [0, 0.1) is 17.6 Å². The standard InChI is InChI=1S/C30H33F2N7O3/c1-4-29(40)36-21-12-22(26(41-3)13-24(21)38-15-18-8-10-37(2)25(18)16-38)35-27-14-28(34-17-33-27)39-23(9-11-42-39)19-6-5-7-20(31)30(19)32/h4-7,12-14,17-18,23,25H,1,8-11,15-16H2,2-3H3,(H,36,40)(H,33,34,35)/t18-,23-,25+/m1/s1. The molecule has 2 aromatic carbocycles. The highest BCUT2D eigenvalue weighted by Crippen LogP contribution is 2.42. The molecule has 1 aromatic heterocycles. The van der Waals surface area contributed by atoms with Crippen LogP contribution in [0.3, 0.4) is 0 Å². The number of ether oxygens (including phenoxy) is 1. The number of amides is 1. The van der Waals surface area contributed by atoms with Gasteiger partial charge < -0.3 is 25.2 Å². The minimum absolute atomic E-state index is 0.192. The molecule has 0 bridgehead atoms. The second-order valence-electron chi connectivity index (χ2n) is 10.8. The summed E-state index contributed by atoms with van der Waals surface area (Å²) in [5, 5.41) is 7.68. The SMILES string of the molecule is C=CC(=O)Nc1cc(Nc2cc(N3OCC[C@@H]3c3cccc(F)c3F)ncn2)c(OC)cc1N1C[C@H]2CCN(C)[C@H]2C1. The minimum Gasteiger partial charge on any atom is -0.494 e. The zero-order chi connectivity index (χ0) is 29.4. The predicted octanol–water partition coefficient (Wildman–Crippen LogP) is 4.65. The first kappa shape index (κ1) is 27.9. The van der Waals surface area contributed by atoms with E-state index in [2.05, 4.69) is 44.0 Å². The van der Waals surface area contributed by atoms with E-state index in [0.29, 0.717) is 53.7 Å². The average molecular weight is 578 g/mol. The highest BCUT2D eigenvalue weighted by atomic mass is 19.2. The Bertz CT molecular complexity index is 1510. The van der Waals surface area contributed by atoms with Crippen LogP contribution in [0.5, 0.6) is 5.75 Å². The molecule has 10 nitrogen and oxygen atoms in total.